The van der Waals surface area contributed by atoms with Gasteiger partial charge in [0.15, 0.2) is 0 Å². The lowest BCUT2D eigenvalue weighted by Crippen LogP contribution is -2.48. The first kappa shape index (κ1) is 19.0. The molecule has 4 saturated carbocycles. The lowest BCUT2D eigenvalue weighted by molar-refractivity contribution is -0.131. The highest BCUT2D eigenvalue weighted by Crippen LogP contribution is 2.61. The summed E-state index contributed by atoms with van der Waals surface area (Å²) in [5.74, 6) is 2.61. The third kappa shape index (κ3) is 4.48. The number of carbonyl (C=O) groups is 2. The zero-order chi connectivity index (χ0) is 16.6. The van der Waals surface area contributed by atoms with Crippen molar-refractivity contribution in [2.24, 2.45) is 23.2 Å². The van der Waals surface area contributed by atoms with Crippen LogP contribution in [-0.4, -0.2) is 37.5 Å². The second kappa shape index (κ2) is 7.83. The Morgan fingerprint density at radius 3 is 2.16 bits per heavy atom. The first-order chi connectivity index (χ1) is 11.6. The highest BCUT2D eigenvalue weighted by Gasteiger charge is 2.51. The Balaban J connectivity index is 0.00000182. The number of rotatable bonds is 6. The van der Waals surface area contributed by atoms with Crippen LogP contribution in [0.15, 0.2) is 0 Å². The third-order valence-electron chi connectivity index (χ3n) is 6.85. The summed E-state index contributed by atoms with van der Waals surface area (Å²) in [5, 5.41) is 9.14. The smallest absolute Gasteiger partial charge is 0.239 e. The molecule has 6 heteroatoms. The minimum Gasteiger partial charge on any atom is -0.353 e. The number of amides is 2. The van der Waals surface area contributed by atoms with Crippen LogP contribution in [-0.2, 0) is 9.59 Å². The lowest BCUT2D eigenvalue weighted by atomic mass is 9.49. The van der Waals surface area contributed by atoms with E-state index in [1.807, 2.05) is 0 Å². The number of nitrogens with one attached hydrogen (secondary N) is 3. The summed E-state index contributed by atoms with van der Waals surface area (Å²) >= 11 is 0. The zero-order valence-corrected chi connectivity index (χ0v) is 15.8. The van der Waals surface area contributed by atoms with Gasteiger partial charge in [0.25, 0.3) is 0 Å². The van der Waals surface area contributed by atoms with Gasteiger partial charge in [-0.3, -0.25) is 9.59 Å². The van der Waals surface area contributed by atoms with Gasteiger partial charge in [-0.15, -0.1) is 12.4 Å². The number of hydrogen-bond donors (Lipinski definition) is 3. The second-order valence-electron chi connectivity index (χ2n) is 8.97. The summed E-state index contributed by atoms with van der Waals surface area (Å²) in [5.41, 5.74) is 0.253. The van der Waals surface area contributed by atoms with Crippen LogP contribution in [0.1, 0.15) is 57.8 Å². The molecule has 5 aliphatic rings. The van der Waals surface area contributed by atoms with Gasteiger partial charge < -0.3 is 16.0 Å². The van der Waals surface area contributed by atoms with Gasteiger partial charge in [0.2, 0.25) is 11.8 Å². The van der Waals surface area contributed by atoms with Crippen molar-refractivity contribution in [3.8, 4) is 0 Å². The van der Waals surface area contributed by atoms with Gasteiger partial charge in [-0.05, 0) is 81.1 Å². The van der Waals surface area contributed by atoms with Crippen LogP contribution in [0, 0.1) is 23.2 Å². The fourth-order valence-corrected chi connectivity index (χ4v) is 6.32. The van der Waals surface area contributed by atoms with E-state index in [9.17, 15) is 9.59 Å². The standard InChI is InChI=1S/C19H31N3O2.ClH/c23-17(22-12-18(24)21-11-16-2-1-3-20-16)10-19-7-13-4-14(8-19)6-15(5-13)9-19;/h13-16,20H,1-12H2,(H,21,24)(H,22,23);1H. The molecule has 142 valence electrons. The summed E-state index contributed by atoms with van der Waals surface area (Å²) in [4.78, 5) is 24.3. The van der Waals surface area contributed by atoms with Crippen LogP contribution in [0.3, 0.4) is 0 Å². The van der Waals surface area contributed by atoms with Crippen molar-refractivity contribution < 1.29 is 9.59 Å². The van der Waals surface area contributed by atoms with Gasteiger partial charge in [0.05, 0.1) is 6.54 Å². The molecule has 1 atom stereocenters. The Kier molecular flexibility index (Phi) is 5.94. The SMILES string of the molecule is Cl.O=C(CNC(=O)CC12CC3CC(CC(C3)C1)C2)NCC1CCCN1. The predicted molar refractivity (Wildman–Crippen MR) is 99.5 cm³/mol. The summed E-state index contributed by atoms with van der Waals surface area (Å²) in [6.45, 7) is 1.84. The highest BCUT2D eigenvalue weighted by atomic mass is 35.5. The molecule has 4 aliphatic carbocycles. The molecule has 4 bridgehead atoms. The van der Waals surface area contributed by atoms with Gasteiger partial charge in [0, 0.05) is 19.0 Å². The molecule has 2 amide bonds. The lowest BCUT2D eigenvalue weighted by Gasteiger charge is -2.56. The minimum atomic E-state index is -0.0671. The van der Waals surface area contributed by atoms with Crippen molar-refractivity contribution in [2.75, 3.05) is 19.6 Å². The molecule has 5 fully saturated rings. The average Bonchev–Trinajstić information content (AvgIpc) is 3.02. The van der Waals surface area contributed by atoms with E-state index in [0.29, 0.717) is 19.0 Å². The van der Waals surface area contributed by atoms with Crippen LogP contribution in [0.5, 0.6) is 0 Å². The summed E-state index contributed by atoms with van der Waals surface area (Å²) in [6, 6.07) is 0.400. The van der Waals surface area contributed by atoms with Crippen molar-refractivity contribution in [1.29, 1.82) is 0 Å². The maximum atomic E-state index is 12.4. The molecule has 5 nitrogen and oxygen atoms in total. The molecule has 0 aromatic heterocycles. The summed E-state index contributed by atoms with van der Waals surface area (Å²) in [6.07, 6.45) is 10.9. The molecule has 3 N–H and O–H groups in total. The van der Waals surface area contributed by atoms with E-state index in [1.165, 1.54) is 44.9 Å². The van der Waals surface area contributed by atoms with E-state index in [1.54, 1.807) is 0 Å². The fraction of sp³-hybridized carbons (Fsp3) is 0.895. The van der Waals surface area contributed by atoms with Gasteiger partial charge in [-0.2, -0.15) is 0 Å². The zero-order valence-electron chi connectivity index (χ0n) is 15.0. The number of hydrogen-bond acceptors (Lipinski definition) is 3. The van der Waals surface area contributed by atoms with Crippen LogP contribution in [0.2, 0.25) is 0 Å². The molecule has 0 aromatic carbocycles. The maximum Gasteiger partial charge on any atom is 0.239 e. The van der Waals surface area contributed by atoms with Crippen molar-refractivity contribution in [3.63, 3.8) is 0 Å². The van der Waals surface area contributed by atoms with E-state index in [4.69, 9.17) is 0 Å². The van der Waals surface area contributed by atoms with Crippen molar-refractivity contribution >= 4 is 24.2 Å². The van der Waals surface area contributed by atoms with E-state index in [2.05, 4.69) is 16.0 Å². The number of carbonyl (C=O) groups excluding carboxylic acids is 2. The normalized spacial score (nSPS) is 38.2. The van der Waals surface area contributed by atoms with E-state index in [-0.39, 0.29) is 36.2 Å². The van der Waals surface area contributed by atoms with E-state index >= 15 is 0 Å². The highest BCUT2D eigenvalue weighted by molar-refractivity contribution is 5.85. The van der Waals surface area contributed by atoms with Crippen LogP contribution < -0.4 is 16.0 Å². The molecular formula is C19H32ClN3O2. The van der Waals surface area contributed by atoms with Gasteiger partial charge in [-0.25, -0.2) is 0 Å². The maximum absolute atomic E-state index is 12.4. The Labute approximate surface area is 156 Å². The molecule has 25 heavy (non-hydrogen) atoms. The Morgan fingerprint density at radius 1 is 0.960 bits per heavy atom. The third-order valence-corrected chi connectivity index (χ3v) is 6.85. The van der Waals surface area contributed by atoms with Crippen LogP contribution in [0.4, 0.5) is 0 Å². The molecule has 1 saturated heterocycles. The molecule has 0 aromatic rings. The Hall–Kier alpha value is -0.810. The average molecular weight is 370 g/mol. The molecule has 5 rings (SSSR count). The summed E-state index contributed by atoms with van der Waals surface area (Å²) in [7, 11) is 0. The minimum absolute atomic E-state index is 0. The Bertz CT molecular complexity index is 470. The second-order valence-corrected chi connectivity index (χ2v) is 8.97. The van der Waals surface area contributed by atoms with Gasteiger partial charge in [0.1, 0.15) is 0 Å². The molecule has 0 spiro atoms. The van der Waals surface area contributed by atoms with Gasteiger partial charge in [-0.1, -0.05) is 0 Å². The molecule has 1 heterocycles. The van der Waals surface area contributed by atoms with Crippen LogP contribution >= 0.6 is 12.4 Å². The predicted octanol–water partition coefficient (Wildman–Crippen LogP) is 2.00. The number of halogens is 1. The monoisotopic (exact) mass is 369 g/mol. The van der Waals surface area contributed by atoms with E-state index < -0.39 is 0 Å². The quantitative estimate of drug-likeness (QED) is 0.670. The summed E-state index contributed by atoms with van der Waals surface area (Å²) < 4.78 is 0. The largest absolute Gasteiger partial charge is 0.353 e. The van der Waals surface area contributed by atoms with Crippen molar-refractivity contribution in [2.45, 2.75) is 63.8 Å². The van der Waals surface area contributed by atoms with Gasteiger partial charge >= 0.3 is 0 Å². The van der Waals surface area contributed by atoms with E-state index in [0.717, 1.165) is 30.7 Å². The topological polar surface area (TPSA) is 70.2 Å². The van der Waals surface area contributed by atoms with Crippen molar-refractivity contribution in [1.82, 2.24) is 16.0 Å². The van der Waals surface area contributed by atoms with Crippen LogP contribution in [0.25, 0.3) is 0 Å². The first-order valence-corrected chi connectivity index (χ1v) is 9.87. The fourth-order valence-electron chi connectivity index (χ4n) is 6.32. The molecular weight excluding hydrogens is 338 g/mol. The van der Waals surface area contributed by atoms with Crippen molar-refractivity contribution in [3.05, 3.63) is 0 Å². The molecule has 0 radical (unpaired) electrons. The molecule has 1 aliphatic heterocycles. The first-order valence-electron chi connectivity index (χ1n) is 9.87. The molecule has 1 unspecified atom stereocenters. The Morgan fingerprint density at radius 2 is 1.60 bits per heavy atom.